The highest BCUT2D eigenvalue weighted by atomic mass is 16.5. The first kappa shape index (κ1) is 12.5. The second kappa shape index (κ2) is 5.16. The van der Waals surface area contributed by atoms with Crippen LogP contribution in [0.5, 0.6) is 0 Å². The number of fused-ring (bicyclic) bond motifs is 1. The largest absolute Gasteiger partial charge is 0.481 e. The van der Waals surface area contributed by atoms with Gasteiger partial charge in [-0.1, -0.05) is 13.3 Å². The molecular weight excluding hydrogens is 234 g/mol. The average molecular weight is 249 g/mol. The van der Waals surface area contributed by atoms with Crippen molar-refractivity contribution < 1.29 is 19.4 Å². The van der Waals surface area contributed by atoms with E-state index in [4.69, 9.17) is 9.84 Å². The topological polar surface area (TPSA) is 76.5 Å². The summed E-state index contributed by atoms with van der Waals surface area (Å²) in [4.78, 5) is 26.8. The summed E-state index contributed by atoms with van der Waals surface area (Å²) in [5, 5.41) is 8.88. The summed E-state index contributed by atoms with van der Waals surface area (Å²) in [7, 11) is 0. The van der Waals surface area contributed by atoms with E-state index >= 15 is 0 Å². The summed E-state index contributed by atoms with van der Waals surface area (Å²) >= 11 is 0. The third kappa shape index (κ3) is 2.50. The molecule has 0 saturated heterocycles. The first-order valence-electron chi connectivity index (χ1n) is 6.02. The van der Waals surface area contributed by atoms with Gasteiger partial charge in [0.15, 0.2) is 0 Å². The molecule has 0 saturated carbocycles. The second-order valence-corrected chi connectivity index (χ2v) is 4.30. The number of carboxylic acid groups (broad SMARTS) is 1. The Morgan fingerprint density at radius 2 is 2.33 bits per heavy atom. The minimum atomic E-state index is -0.989. The van der Waals surface area contributed by atoms with Crippen molar-refractivity contribution in [1.82, 2.24) is 4.98 Å². The molecule has 0 unspecified atom stereocenters. The average Bonchev–Trinajstić information content (AvgIpc) is 2.28. The van der Waals surface area contributed by atoms with Crippen LogP contribution in [0.25, 0.3) is 0 Å². The molecule has 1 aromatic heterocycles. The lowest BCUT2D eigenvalue weighted by atomic mass is 9.98. The van der Waals surface area contributed by atoms with E-state index in [0.29, 0.717) is 24.3 Å². The number of hydrogen-bond donors (Lipinski definition) is 1. The number of ether oxygens (including phenoxy) is 1. The highest BCUT2D eigenvalue weighted by molar-refractivity contribution is 5.94. The highest BCUT2D eigenvalue weighted by Crippen LogP contribution is 2.22. The molecule has 0 bridgehead atoms. The number of carbonyl (C=O) groups excluding carboxylic acids is 1. The Balaban J connectivity index is 2.49. The normalized spacial score (nSPS) is 13.9. The van der Waals surface area contributed by atoms with Crippen LogP contribution in [0.15, 0.2) is 6.07 Å². The fourth-order valence-electron chi connectivity index (χ4n) is 2.15. The van der Waals surface area contributed by atoms with Crippen LogP contribution in [-0.2, 0) is 28.8 Å². The molecular formula is C13H15NO4. The lowest BCUT2D eigenvalue weighted by Crippen LogP contribution is -2.22. The number of hydrogen-bond acceptors (Lipinski definition) is 4. The smallest absolute Gasteiger partial charge is 0.340 e. The van der Waals surface area contributed by atoms with Gasteiger partial charge in [0.1, 0.15) is 0 Å². The lowest BCUT2D eigenvalue weighted by Gasteiger charge is -2.19. The van der Waals surface area contributed by atoms with Gasteiger partial charge in [0.25, 0.3) is 0 Å². The molecule has 0 spiro atoms. The standard InChI is InChI=1S/C13H15NO4/c1-2-3-9-6-8-4-5-18-13(17)12(8)10(14-9)7-11(15)16/h6H,2-5,7H2,1H3,(H,15,16). The molecule has 5 nitrogen and oxygen atoms in total. The summed E-state index contributed by atoms with van der Waals surface area (Å²) in [6.45, 7) is 2.39. The number of carbonyl (C=O) groups is 2. The Labute approximate surface area is 105 Å². The van der Waals surface area contributed by atoms with Gasteiger partial charge in [-0.15, -0.1) is 0 Å². The van der Waals surface area contributed by atoms with E-state index in [2.05, 4.69) is 4.98 Å². The molecule has 2 rings (SSSR count). The third-order valence-corrected chi connectivity index (χ3v) is 2.86. The first-order chi connectivity index (χ1) is 8.61. The second-order valence-electron chi connectivity index (χ2n) is 4.30. The number of aromatic nitrogens is 1. The summed E-state index contributed by atoms with van der Waals surface area (Å²) in [6, 6.07) is 1.89. The van der Waals surface area contributed by atoms with Gasteiger partial charge in [-0.25, -0.2) is 4.79 Å². The minimum Gasteiger partial charge on any atom is -0.481 e. The van der Waals surface area contributed by atoms with E-state index in [-0.39, 0.29) is 6.42 Å². The maximum Gasteiger partial charge on any atom is 0.340 e. The Kier molecular flexibility index (Phi) is 3.60. The van der Waals surface area contributed by atoms with E-state index in [1.165, 1.54) is 0 Å². The third-order valence-electron chi connectivity index (χ3n) is 2.86. The van der Waals surface area contributed by atoms with E-state index in [0.717, 1.165) is 24.1 Å². The van der Waals surface area contributed by atoms with Crippen LogP contribution < -0.4 is 0 Å². The molecule has 1 aliphatic rings. The monoisotopic (exact) mass is 249 g/mol. The van der Waals surface area contributed by atoms with Crippen molar-refractivity contribution >= 4 is 11.9 Å². The van der Waals surface area contributed by atoms with Crippen molar-refractivity contribution in [1.29, 1.82) is 0 Å². The molecule has 18 heavy (non-hydrogen) atoms. The highest BCUT2D eigenvalue weighted by Gasteiger charge is 2.25. The van der Waals surface area contributed by atoms with Crippen LogP contribution in [0.2, 0.25) is 0 Å². The van der Waals surface area contributed by atoms with Crippen LogP contribution in [0, 0.1) is 0 Å². The minimum absolute atomic E-state index is 0.241. The molecule has 1 aromatic rings. The van der Waals surface area contributed by atoms with Crippen molar-refractivity contribution in [3.05, 3.63) is 28.6 Å². The molecule has 96 valence electrons. The molecule has 1 N–H and O–H groups in total. The number of aryl methyl sites for hydroxylation is 1. The maximum absolute atomic E-state index is 11.7. The van der Waals surface area contributed by atoms with Gasteiger partial charge in [-0.2, -0.15) is 0 Å². The molecule has 0 radical (unpaired) electrons. The zero-order valence-electron chi connectivity index (χ0n) is 10.2. The number of pyridine rings is 1. The van der Waals surface area contributed by atoms with Crippen LogP contribution in [0.4, 0.5) is 0 Å². The molecule has 2 heterocycles. The van der Waals surface area contributed by atoms with Gasteiger partial charge < -0.3 is 9.84 Å². The zero-order chi connectivity index (χ0) is 13.1. The van der Waals surface area contributed by atoms with Crippen LogP contribution in [0.3, 0.4) is 0 Å². The van der Waals surface area contributed by atoms with Gasteiger partial charge in [0.2, 0.25) is 0 Å². The number of aliphatic carboxylic acids is 1. The van der Waals surface area contributed by atoms with Gasteiger partial charge in [0.05, 0.1) is 24.3 Å². The number of cyclic esters (lactones) is 1. The van der Waals surface area contributed by atoms with Crippen molar-refractivity contribution in [3.63, 3.8) is 0 Å². The van der Waals surface area contributed by atoms with Crippen molar-refractivity contribution in [2.24, 2.45) is 0 Å². The van der Waals surface area contributed by atoms with E-state index < -0.39 is 11.9 Å². The fraction of sp³-hybridized carbons (Fsp3) is 0.462. The fourth-order valence-corrected chi connectivity index (χ4v) is 2.15. The quantitative estimate of drug-likeness (QED) is 0.815. The zero-order valence-corrected chi connectivity index (χ0v) is 10.2. The first-order valence-corrected chi connectivity index (χ1v) is 6.02. The van der Waals surface area contributed by atoms with Crippen LogP contribution >= 0.6 is 0 Å². The maximum atomic E-state index is 11.7. The van der Waals surface area contributed by atoms with E-state index in [1.54, 1.807) is 0 Å². The molecule has 0 atom stereocenters. The van der Waals surface area contributed by atoms with Crippen molar-refractivity contribution in [3.8, 4) is 0 Å². The molecule has 0 aliphatic carbocycles. The lowest BCUT2D eigenvalue weighted by molar-refractivity contribution is -0.136. The number of carboxylic acids is 1. The Morgan fingerprint density at radius 1 is 1.56 bits per heavy atom. The molecule has 0 fully saturated rings. The van der Waals surface area contributed by atoms with Crippen LogP contribution in [0.1, 0.15) is 40.7 Å². The Morgan fingerprint density at radius 3 is 3.00 bits per heavy atom. The van der Waals surface area contributed by atoms with Gasteiger partial charge in [-0.3, -0.25) is 9.78 Å². The van der Waals surface area contributed by atoms with Crippen molar-refractivity contribution in [2.75, 3.05) is 6.61 Å². The Hall–Kier alpha value is -1.91. The van der Waals surface area contributed by atoms with Crippen LogP contribution in [-0.4, -0.2) is 28.6 Å². The SMILES string of the molecule is CCCc1cc2c(c(CC(=O)O)n1)C(=O)OCC2. The predicted octanol–water partition coefficient (Wildman–Crippen LogP) is 1.37. The molecule has 5 heteroatoms. The van der Waals surface area contributed by atoms with Gasteiger partial charge >= 0.3 is 11.9 Å². The summed E-state index contributed by atoms with van der Waals surface area (Å²) < 4.78 is 4.95. The molecule has 1 aliphatic heterocycles. The number of rotatable bonds is 4. The summed E-state index contributed by atoms with van der Waals surface area (Å²) in [5.41, 5.74) is 2.39. The number of nitrogens with zero attached hydrogens (tertiary/aromatic N) is 1. The summed E-state index contributed by atoms with van der Waals surface area (Å²) in [6.07, 6.45) is 2.11. The van der Waals surface area contributed by atoms with Crippen molar-refractivity contribution in [2.45, 2.75) is 32.6 Å². The molecule has 0 aromatic carbocycles. The summed E-state index contributed by atoms with van der Waals surface area (Å²) in [5.74, 6) is -1.44. The predicted molar refractivity (Wildman–Crippen MR) is 63.6 cm³/mol. The Bertz CT molecular complexity index is 496. The number of esters is 1. The van der Waals surface area contributed by atoms with E-state index in [9.17, 15) is 9.59 Å². The van der Waals surface area contributed by atoms with E-state index in [1.807, 2.05) is 13.0 Å². The van der Waals surface area contributed by atoms with Gasteiger partial charge in [0, 0.05) is 12.1 Å². The molecule has 0 amide bonds. The van der Waals surface area contributed by atoms with Gasteiger partial charge in [-0.05, 0) is 18.1 Å².